The summed E-state index contributed by atoms with van der Waals surface area (Å²) >= 11 is 4.59. The molecule has 1 rings (SSSR count). The topological polar surface area (TPSA) is 64.3 Å². The molecule has 1 amide bonds. The molecule has 3 N–H and O–H groups in total. The van der Waals surface area contributed by atoms with E-state index in [0.29, 0.717) is 11.3 Å². The van der Waals surface area contributed by atoms with E-state index in [4.69, 9.17) is 10.5 Å². The van der Waals surface area contributed by atoms with Crippen LogP contribution in [0.25, 0.3) is 0 Å². The molecule has 86 valence electrons. The van der Waals surface area contributed by atoms with Crippen molar-refractivity contribution in [3.05, 3.63) is 29.8 Å². The largest absolute Gasteiger partial charge is 0.491 e. The highest BCUT2D eigenvalue weighted by atomic mass is 32.1. The van der Waals surface area contributed by atoms with Crippen molar-refractivity contribution in [2.45, 2.75) is 20.0 Å². The molecule has 1 aromatic rings. The quantitative estimate of drug-likeness (QED) is 0.782. The predicted octanol–water partition coefficient (Wildman–Crippen LogP) is 1.45. The first-order chi connectivity index (χ1) is 7.49. The molecule has 0 spiro atoms. The van der Waals surface area contributed by atoms with Crippen LogP contribution < -0.4 is 15.8 Å². The van der Waals surface area contributed by atoms with Gasteiger partial charge in [-0.25, -0.2) is 0 Å². The maximum Gasteiger partial charge on any atom is 0.257 e. The average Bonchev–Trinajstić information content (AvgIpc) is 2.16. The molecule has 0 aromatic heterocycles. The molecule has 16 heavy (non-hydrogen) atoms. The number of hydrogen-bond acceptors (Lipinski definition) is 3. The fraction of sp³-hybridized carbons (Fsp3) is 0.273. The first kappa shape index (κ1) is 12.4. The second kappa shape index (κ2) is 5.46. The summed E-state index contributed by atoms with van der Waals surface area (Å²) in [6.45, 7) is 3.84. The van der Waals surface area contributed by atoms with Crippen molar-refractivity contribution >= 4 is 23.2 Å². The summed E-state index contributed by atoms with van der Waals surface area (Å²) in [7, 11) is 0. The van der Waals surface area contributed by atoms with Gasteiger partial charge in [0, 0.05) is 5.56 Å². The number of rotatable bonds is 3. The zero-order valence-electron chi connectivity index (χ0n) is 9.19. The molecule has 0 heterocycles. The van der Waals surface area contributed by atoms with Gasteiger partial charge in [-0.3, -0.25) is 10.1 Å². The van der Waals surface area contributed by atoms with Gasteiger partial charge in [-0.15, -0.1) is 0 Å². The van der Waals surface area contributed by atoms with Crippen LogP contribution >= 0.6 is 12.2 Å². The summed E-state index contributed by atoms with van der Waals surface area (Å²) in [5.41, 5.74) is 5.68. The number of thiocarbonyl (C=S) groups is 1. The number of benzene rings is 1. The summed E-state index contributed by atoms with van der Waals surface area (Å²) in [5, 5.41) is 2.31. The molecule has 0 atom stereocenters. The minimum Gasteiger partial charge on any atom is -0.491 e. The normalized spacial score (nSPS) is 9.94. The minimum atomic E-state index is -0.332. The van der Waals surface area contributed by atoms with E-state index in [2.05, 4.69) is 17.5 Å². The highest BCUT2D eigenvalue weighted by Gasteiger charge is 2.07. The number of nitrogens with one attached hydrogen (secondary N) is 1. The Bertz CT molecular complexity index is 405. The van der Waals surface area contributed by atoms with Crippen molar-refractivity contribution in [3.8, 4) is 5.75 Å². The Morgan fingerprint density at radius 2 is 2.19 bits per heavy atom. The van der Waals surface area contributed by atoms with Crippen molar-refractivity contribution in [2.75, 3.05) is 0 Å². The lowest BCUT2D eigenvalue weighted by Gasteiger charge is -2.10. The van der Waals surface area contributed by atoms with Crippen LogP contribution in [0.15, 0.2) is 24.3 Å². The first-order valence-corrected chi connectivity index (χ1v) is 5.27. The molecule has 5 heteroatoms. The van der Waals surface area contributed by atoms with Gasteiger partial charge in [0.25, 0.3) is 5.91 Å². The maximum absolute atomic E-state index is 11.6. The van der Waals surface area contributed by atoms with Gasteiger partial charge in [-0.05, 0) is 44.3 Å². The Morgan fingerprint density at radius 3 is 2.75 bits per heavy atom. The van der Waals surface area contributed by atoms with E-state index < -0.39 is 0 Å². The molecule has 0 aliphatic heterocycles. The van der Waals surface area contributed by atoms with Crippen LogP contribution in [0.2, 0.25) is 0 Å². The Labute approximate surface area is 99.8 Å². The molecule has 0 unspecified atom stereocenters. The summed E-state index contributed by atoms with van der Waals surface area (Å²) in [6.07, 6.45) is 0.0638. The summed E-state index contributed by atoms with van der Waals surface area (Å²) < 4.78 is 5.47. The highest BCUT2D eigenvalue weighted by Crippen LogP contribution is 2.14. The second-order valence-corrected chi connectivity index (χ2v) is 3.95. The van der Waals surface area contributed by atoms with Gasteiger partial charge < -0.3 is 10.5 Å². The zero-order valence-corrected chi connectivity index (χ0v) is 10.0. The van der Waals surface area contributed by atoms with E-state index in [9.17, 15) is 4.79 Å². The van der Waals surface area contributed by atoms with Crippen LogP contribution in [0.4, 0.5) is 0 Å². The number of hydrogen-bond donors (Lipinski definition) is 2. The second-order valence-electron chi connectivity index (χ2n) is 3.51. The molecular weight excluding hydrogens is 224 g/mol. The summed E-state index contributed by atoms with van der Waals surface area (Å²) in [6, 6.07) is 6.85. The Morgan fingerprint density at radius 1 is 1.50 bits per heavy atom. The van der Waals surface area contributed by atoms with Gasteiger partial charge in [-0.1, -0.05) is 6.07 Å². The molecule has 0 radical (unpaired) electrons. The van der Waals surface area contributed by atoms with Crippen molar-refractivity contribution in [1.29, 1.82) is 0 Å². The standard InChI is InChI=1S/C11H14N2O2S/c1-7(2)15-9-5-3-4-8(6-9)10(14)13-11(12)16/h3-7H,1-2H3,(H3,12,13,14,16). The SMILES string of the molecule is CC(C)Oc1cccc(C(=O)NC(N)=S)c1. The van der Waals surface area contributed by atoms with E-state index in [-0.39, 0.29) is 17.1 Å². The van der Waals surface area contributed by atoms with E-state index >= 15 is 0 Å². The number of nitrogens with two attached hydrogens (primary N) is 1. The Kier molecular flexibility index (Phi) is 4.25. The summed E-state index contributed by atoms with van der Waals surface area (Å²) in [4.78, 5) is 11.6. The third-order valence-corrected chi connectivity index (χ3v) is 1.81. The molecule has 0 aliphatic rings. The average molecular weight is 238 g/mol. The van der Waals surface area contributed by atoms with Crippen LogP contribution in [0.5, 0.6) is 5.75 Å². The number of ether oxygens (including phenoxy) is 1. The lowest BCUT2D eigenvalue weighted by atomic mass is 10.2. The fourth-order valence-corrected chi connectivity index (χ4v) is 1.26. The van der Waals surface area contributed by atoms with Gasteiger partial charge in [-0.2, -0.15) is 0 Å². The fourth-order valence-electron chi connectivity index (χ4n) is 1.17. The molecule has 0 saturated heterocycles. The minimum absolute atomic E-state index is 0.0415. The van der Waals surface area contributed by atoms with E-state index in [1.165, 1.54) is 0 Å². The van der Waals surface area contributed by atoms with Crippen molar-refractivity contribution in [3.63, 3.8) is 0 Å². The first-order valence-electron chi connectivity index (χ1n) is 4.86. The number of carbonyl (C=O) groups excluding carboxylic acids is 1. The number of amides is 1. The van der Waals surface area contributed by atoms with Gasteiger partial charge in [0.15, 0.2) is 5.11 Å². The summed E-state index contributed by atoms with van der Waals surface area (Å²) in [5.74, 6) is 0.312. The third kappa shape index (κ3) is 3.86. The van der Waals surface area contributed by atoms with Crippen LogP contribution in [-0.4, -0.2) is 17.1 Å². The number of carbonyl (C=O) groups is 1. The van der Waals surface area contributed by atoms with Crippen molar-refractivity contribution in [2.24, 2.45) is 5.73 Å². The maximum atomic E-state index is 11.6. The molecule has 0 fully saturated rings. The van der Waals surface area contributed by atoms with E-state index in [0.717, 1.165) is 0 Å². The zero-order chi connectivity index (χ0) is 12.1. The van der Waals surface area contributed by atoms with Crippen molar-refractivity contribution < 1.29 is 9.53 Å². The van der Waals surface area contributed by atoms with Crippen LogP contribution in [0, 0.1) is 0 Å². The van der Waals surface area contributed by atoms with Crippen LogP contribution in [0.3, 0.4) is 0 Å². The van der Waals surface area contributed by atoms with Gasteiger partial charge in [0.05, 0.1) is 6.10 Å². The third-order valence-electron chi connectivity index (χ3n) is 1.70. The monoisotopic (exact) mass is 238 g/mol. The predicted molar refractivity (Wildman–Crippen MR) is 66.5 cm³/mol. The van der Waals surface area contributed by atoms with E-state index in [1.807, 2.05) is 13.8 Å². The lowest BCUT2D eigenvalue weighted by molar-refractivity contribution is 0.0976. The van der Waals surface area contributed by atoms with Gasteiger partial charge in [0.2, 0.25) is 0 Å². The van der Waals surface area contributed by atoms with Crippen LogP contribution in [0.1, 0.15) is 24.2 Å². The molecule has 0 saturated carbocycles. The molecule has 0 aliphatic carbocycles. The molecule has 4 nitrogen and oxygen atoms in total. The smallest absolute Gasteiger partial charge is 0.257 e. The van der Waals surface area contributed by atoms with Gasteiger partial charge in [0.1, 0.15) is 5.75 Å². The van der Waals surface area contributed by atoms with Crippen molar-refractivity contribution in [1.82, 2.24) is 5.32 Å². The van der Waals surface area contributed by atoms with Crippen LogP contribution in [-0.2, 0) is 0 Å². The van der Waals surface area contributed by atoms with E-state index in [1.54, 1.807) is 24.3 Å². The molecule has 1 aromatic carbocycles. The van der Waals surface area contributed by atoms with Gasteiger partial charge >= 0.3 is 0 Å². The Hall–Kier alpha value is -1.62. The highest BCUT2D eigenvalue weighted by molar-refractivity contribution is 7.80. The lowest BCUT2D eigenvalue weighted by Crippen LogP contribution is -2.34. The molecule has 0 bridgehead atoms. The molecular formula is C11H14N2O2S. The Balaban J connectivity index is 2.81.